The van der Waals surface area contributed by atoms with Crippen LogP contribution in [-0.4, -0.2) is 34.2 Å². The lowest BCUT2D eigenvalue weighted by atomic mass is 10.2. The fourth-order valence-corrected chi connectivity index (χ4v) is 3.89. The molecule has 3 aromatic heterocycles. The van der Waals surface area contributed by atoms with Gasteiger partial charge in [-0.2, -0.15) is 18.2 Å². The van der Waals surface area contributed by atoms with Gasteiger partial charge >= 0.3 is 6.18 Å². The van der Waals surface area contributed by atoms with Crippen LogP contribution in [0.2, 0.25) is 10.0 Å². The molecule has 4 rings (SSSR count). The summed E-state index contributed by atoms with van der Waals surface area (Å²) in [6.45, 7) is 0. The number of imidazole rings is 1. The lowest BCUT2D eigenvalue weighted by Crippen LogP contribution is -2.11. The molecular formula is C17H9Cl2F4N5O3S. The Morgan fingerprint density at radius 3 is 2.44 bits per heavy atom. The van der Waals surface area contributed by atoms with Gasteiger partial charge in [-0.15, -0.1) is 0 Å². The van der Waals surface area contributed by atoms with Gasteiger partial charge in [0, 0.05) is 18.0 Å². The molecule has 0 aliphatic heterocycles. The third kappa shape index (κ3) is 4.36. The summed E-state index contributed by atoms with van der Waals surface area (Å²) in [7, 11) is -3.78. The van der Waals surface area contributed by atoms with Crippen molar-refractivity contribution in [2.45, 2.75) is 6.18 Å². The zero-order valence-corrected chi connectivity index (χ0v) is 17.9. The monoisotopic (exact) mass is 509 g/mol. The van der Waals surface area contributed by atoms with E-state index in [0.29, 0.717) is 0 Å². The highest BCUT2D eigenvalue weighted by Crippen LogP contribution is 2.34. The molecule has 15 heteroatoms. The van der Waals surface area contributed by atoms with Crippen molar-refractivity contribution in [3.63, 3.8) is 0 Å². The minimum atomic E-state index is -4.61. The highest BCUT2D eigenvalue weighted by molar-refractivity contribution is 7.92. The number of hydrogen-bond donors (Lipinski definition) is 1. The maximum atomic E-state index is 14.4. The number of rotatable bonds is 4. The molecule has 0 amide bonds. The first-order valence-electron chi connectivity index (χ1n) is 8.38. The largest absolute Gasteiger partial charge is 0.417 e. The Balaban J connectivity index is 1.72. The predicted octanol–water partition coefficient (Wildman–Crippen LogP) is 4.89. The summed E-state index contributed by atoms with van der Waals surface area (Å²) in [6, 6.07) is 2.87. The third-order valence-electron chi connectivity index (χ3n) is 4.07. The molecular weight excluding hydrogens is 501 g/mol. The van der Waals surface area contributed by atoms with Crippen molar-refractivity contribution in [1.82, 2.24) is 19.5 Å². The first-order chi connectivity index (χ1) is 14.8. The standard InChI is InChI=1S/C17H9Cl2F4N5O3S/c1-32(29,30)27-13-9(18)2-7(3-11(13)20)16-25-14(26-31-16)12-6-28-5-8(17(21,22)23)4-10(19)15(28)24-12/h2-6,27H,1H3. The summed E-state index contributed by atoms with van der Waals surface area (Å²) in [5, 5.41) is 3.20. The number of alkyl halides is 3. The second-order valence-corrected chi connectivity index (χ2v) is 9.11. The number of fused-ring (bicyclic) bond motifs is 1. The van der Waals surface area contributed by atoms with Crippen LogP contribution in [0.15, 0.2) is 35.1 Å². The topological polar surface area (TPSA) is 102 Å². The number of benzene rings is 1. The number of pyridine rings is 1. The van der Waals surface area contributed by atoms with Gasteiger partial charge in [-0.25, -0.2) is 17.8 Å². The van der Waals surface area contributed by atoms with Gasteiger partial charge in [0.25, 0.3) is 5.89 Å². The Bertz CT molecular complexity index is 1440. The predicted molar refractivity (Wildman–Crippen MR) is 107 cm³/mol. The second-order valence-electron chi connectivity index (χ2n) is 6.54. The smallest absolute Gasteiger partial charge is 0.334 e. The van der Waals surface area contributed by atoms with Crippen molar-refractivity contribution in [1.29, 1.82) is 0 Å². The lowest BCUT2D eigenvalue weighted by molar-refractivity contribution is -0.137. The van der Waals surface area contributed by atoms with Crippen LogP contribution in [0.1, 0.15) is 5.56 Å². The van der Waals surface area contributed by atoms with Gasteiger partial charge in [-0.1, -0.05) is 28.4 Å². The Kier molecular flexibility index (Phi) is 5.30. The molecule has 0 saturated carbocycles. The molecule has 0 radical (unpaired) electrons. The van der Waals surface area contributed by atoms with E-state index in [4.69, 9.17) is 27.7 Å². The van der Waals surface area contributed by atoms with E-state index in [1.165, 1.54) is 12.3 Å². The fourth-order valence-electron chi connectivity index (χ4n) is 2.74. The van der Waals surface area contributed by atoms with Gasteiger partial charge < -0.3 is 8.92 Å². The molecule has 32 heavy (non-hydrogen) atoms. The van der Waals surface area contributed by atoms with Crippen LogP contribution in [-0.2, 0) is 16.2 Å². The number of nitrogens with zero attached hydrogens (tertiary/aromatic N) is 4. The summed E-state index contributed by atoms with van der Waals surface area (Å²) in [5.41, 5.74) is -1.31. The van der Waals surface area contributed by atoms with Gasteiger partial charge in [-0.3, -0.25) is 4.72 Å². The van der Waals surface area contributed by atoms with E-state index in [9.17, 15) is 26.0 Å². The first kappa shape index (κ1) is 22.3. The van der Waals surface area contributed by atoms with Crippen LogP contribution < -0.4 is 4.72 Å². The Morgan fingerprint density at radius 1 is 1.09 bits per heavy atom. The van der Waals surface area contributed by atoms with Crippen LogP contribution in [0.5, 0.6) is 0 Å². The molecule has 1 aromatic carbocycles. The fraction of sp³-hybridized carbons (Fsp3) is 0.118. The average Bonchev–Trinajstić information content (AvgIpc) is 3.30. The highest BCUT2D eigenvalue weighted by Gasteiger charge is 2.32. The van der Waals surface area contributed by atoms with Crippen LogP contribution in [0.3, 0.4) is 0 Å². The molecule has 0 bridgehead atoms. The minimum Gasteiger partial charge on any atom is -0.334 e. The Hall–Kier alpha value is -2.90. The van der Waals surface area contributed by atoms with Crippen molar-refractivity contribution >= 4 is 44.6 Å². The molecule has 0 saturated heterocycles. The van der Waals surface area contributed by atoms with Gasteiger partial charge in [0.15, 0.2) is 5.65 Å². The quantitative estimate of drug-likeness (QED) is 0.393. The number of sulfonamides is 1. The zero-order valence-electron chi connectivity index (χ0n) is 15.6. The van der Waals surface area contributed by atoms with Crippen LogP contribution in [0.25, 0.3) is 28.6 Å². The SMILES string of the molecule is CS(=O)(=O)Nc1c(F)cc(-c2nc(-c3cn4cc(C(F)(F)F)cc(Cl)c4n3)no2)cc1Cl. The van der Waals surface area contributed by atoms with Crippen molar-refractivity contribution in [2.24, 2.45) is 0 Å². The van der Waals surface area contributed by atoms with Gasteiger partial charge in [0.2, 0.25) is 15.8 Å². The molecule has 8 nitrogen and oxygen atoms in total. The summed E-state index contributed by atoms with van der Waals surface area (Å²) in [5.74, 6) is -1.29. The highest BCUT2D eigenvalue weighted by atomic mass is 35.5. The molecule has 0 aliphatic rings. The van der Waals surface area contributed by atoms with E-state index in [-0.39, 0.29) is 38.7 Å². The summed E-state index contributed by atoms with van der Waals surface area (Å²) in [4.78, 5) is 8.15. The van der Waals surface area contributed by atoms with Gasteiger partial charge in [0.05, 0.1) is 21.9 Å². The minimum absolute atomic E-state index is 0.0336. The maximum absolute atomic E-state index is 14.4. The molecule has 0 atom stereocenters. The van der Waals surface area contributed by atoms with Crippen molar-refractivity contribution in [3.05, 3.63) is 52.0 Å². The second kappa shape index (κ2) is 7.60. The molecule has 168 valence electrons. The van der Waals surface area contributed by atoms with E-state index in [0.717, 1.165) is 29.0 Å². The summed E-state index contributed by atoms with van der Waals surface area (Å²) >= 11 is 11.9. The number of hydrogen-bond acceptors (Lipinski definition) is 6. The molecule has 0 fully saturated rings. The molecule has 3 heterocycles. The Labute approximate surface area is 186 Å². The van der Waals surface area contributed by atoms with E-state index in [2.05, 4.69) is 15.1 Å². The molecule has 1 N–H and O–H groups in total. The molecule has 0 unspecified atom stereocenters. The average molecular weight is 510 g/mol. The zero-order chi connectivity index (χ0) is 23.4. The number of nitrogens with one attached hydrogen (secondary N) is 1. The van der Waals surface area contributed by atoms with Crippen LogP contribution >= 0.6 is 23.2 Å². The van der Waals surface area contributed by atoms with Crippen molar-refractivity contribution in [2.75, 3.05) is 11.0 Å². The molecule has 4 aromatic rings. The first-order valence-corrected chi connectivity index (χ1v) is 11.0. The molecule has 0 spiro atoms. The van der Waals surface area contributed by atoms with Gasteiger partial charge in [0.1, 0.15) is 17.2 Å². The number of anilines is 1. The normalized spacial score (nSPS) is 12.5. The summed E-state index contributed by atoms with van der Waals surface area (Å²) < 4.78 is 84.1. The van der Waals surface area contributed by atoms with Crippen molar-refractivity contribution < 1.29 is 30.5 Å². The van der Waals surface area contributed by atoms with Gasteiger partial charge in [-0.05, 0) is 18.2 Å². The number of halogens is 6. The van der Waals surface area contributed by atoms with E-state index in [1.54, 1.807) is 0 Å². The summed E-state index contributed by atoms with van der Waals surface area (Å²) in [6.07, 6.45) is -1.75. The third-order valence-corrected chi connectivity index (χ3v) is 5.22. The van der Waals surface area contributed by atoms with Crippen LogP contribution in [0, 0.1) is 5.82 Å². The van der Waals surface area contributed by atoms with Crippen LogP contribution in [0.4, 0.5) is 23.2 Å². The van der Waals surface area contributed by atoms with E-state index < -0.39 is 33.3 Å². The number of aromatic nitrogens is 4. The van der Waals surface area contributed by atoms with E-state index in [1.807, 2.05) is 4.72 Å². The van der Waals surface area contributed by atoms with E-state index >= 15 is 0 Å². The maximum Gasteiger partial charge on any atom is 0.417 e. The van der Waals surface area contributed by atoms with Crippen molar-refractivity contribution in [3.8, 4) is 23.0 Å². The lowest BCUT2D eigenvalue weighted by Gasteiger charge is -2.08. The Morgan fingerprint density at radius 2 is 1.81 bits per heavy atom. The molecule has 0 aliphatic carbocycles.